The van der Waals surface area contributed by atoms with Crippen LogP contribution in [0, 0.1) is 0 Å². The normalized spacial score (nSPS) is 13.6. The lowest BCUT2D eigenvalue weighted by Gasteiger charge is -2.13. The number of anilines is 1. The molecule has 1 amide bonds. The zero-order valence-corrected chi connectivity index (χ0v) is 14.6. The van der Waals surface area contributed by atoms with Gasteiger partial charge in [0.25, 0.3) is 0 Å². The van der Waals surface area contributed by atoms with E-state index < -0.39 is 16.0 Å². The lowest BCUT2D eigenvalue weighted by atomic mass is 10.0. The molecule has 0 heterocycles. The Morgan fingerprint density at radius 3 is 2.17 bits per heavy atom. The zero-order chi connectivity index (χ0) is 16.8. The summed E-state index contributed by atoms with van der Waals surface area (Å²) in [6.45, 7) is 5.99. The molecule has 2 rings (SSSR count). The highest BCUT2D eigenvalue weighted by molar-refractivity contribution is 7.85. The van der Waals surface area contributed by atoms with E-state index in [0.717, 1.165) is 11.3 Å². The SMILES string of the molecule is CC(C)c1ccc(C[S@@](=O)[C@H](C)C(=O)Nc2ccccc2)cc1. The molecule has 2 atom stereocenters. The molecule has 0 aromatic heterocycles. The van der Waals surface area contributed by atoms with Crippen LogP contribution in [0.25, 0.3) is 0 Å². The van der Waals surface area contributed by atoms with Gasteiger partial charge in [-0.2, -0.15) is 0 Å². The van der Waals surface area contributed by atoms with Crippen molar-refractivity contribution in [3.05, 3.63) is 65.7 Å². The quantitative estimate of drug-likeness (QED) is 0.868. The topological polar surface area (TPSA) is 46.2 Å². The van der Waals surface area contributed by atoms with Crippen LogP contribution in [0.15, 0.2) is 54.6 Å². The van der Waals surface area contributed by atoms with Crippen LogP contribution in [0.2, 0.25) is 0 Å². The lowest BCUT2D eigenvalue weighted by molar-refractivity contribution is -0.115. The molecule has 4 heteroatoms. The van der Waals surface area contributed by atoms with Gasteiger partial charge < -0.3 is 5.32 Å². The third kappa shape index (κ3) is 5.03. The first-order chi connectivity index (χ1) is 11.0. The van der Waals surface area contributed by atoms with Crippen LogP contribution in [0.5, 0.6) is 0 Å². The number of benzene rings is 2. The molecule has 23 heavy (non-hydrogen) atoms. The molecular formula is C19H23NO2S. The van der Waals surface area contributed by atoms with Gasteiger partial charge in [-0.15, -0.1) is 0 Å². The number of nitrogens with one attached hydrogen (secondary N) is 1. The molecular weight excluding hydrogens is 306 g/mol. The first-order valence-electron chi connectivity index (χ1n) is 7.79. The van der Waals surface area contributed by atoms with Crippen molar-refractivity contribution in [2.24, 2.45) is 0 Å². The summed E-state index contributed by atoms with van der Waals surface area (Å²) in [6, 6.07) is 17.3. The molecule has 0 spiro atoms. The van der Waals surface area contributed by atoms with E-state index in [4.69, 9.17) is 0 Å². The lowest BCUT2D eigenvalue weighted by Crippen LogP contribution is -2.29. The highest BCUT2D eigenvalue weighted by atomic mass is 32.2. The summed E-state index contributed by atoms with van der Waals surface area (Å²) in [5.74, 6) is 0.653. The number of rotatable bonds is 6. The molecule has 0 unspecified atom stereocenters. The standard InChI is InChI=1S/C19H23NO2S/c1-14(2)17-11-9-16(10-12-17)13-23(22)15(3)19(21)20-18-7-5-4-6-8-18/h4-12,14-15H,13H2,1-3H3,(H,20,21)/t15-,23-/m1/s1. The Hall–Kier alpha value is -1.94. The number of hydrogen-bond donors (Lipinski definition) is 1. The smallest absolute Gasteiger partial charge is 0.239 e. The van der Waals surface area contributed by atoms with Crippen molar-refractivity contribution < 1.29 is 9.00 Å². The van der Waals surface area contributed by atoms with Crippen LogP contribution in [0.1, 0.15) is 37.8 Å². The largest absolute Gasteiger partial charge is 0.325 e. The maximum atomic E-state index is 12.4. The molecule has 3 nitrogen and oxygen atoms in total. The summed E-state index contributed by atoms with van der Waals surface area (Å²) in [5, 5.41) is 2.24. The van der Waals surface area contributed by atoms with Gasteiger partial charge in [0.2, 0.25) is 5.91 Å². The van der Waals surface area contributed by atoms with E-state index in [1.54, 1.807) is 6.92 Å². The summed E-state index contributed by atoms with van der Waals surface area (Å²) in [5.41, 5.74) is 2.98. The Bertz CT molecular complexity index is 666. The molecule has 0 bridgehead atoms. The van der Waals surface area contributed by atoms with E-state index in [-0.39, 0.29) is 5.91 Å². The molecule has 2 aromatic carbocycles. The molecule has 0 aliphatic carbocycles. The number of para-hydroxylation sites is 1. The van der Waals surface area contributed by atoms with Gasteiger partial charge in [0.15, 0.2) is 0 Å². The highest BCUT2D eigenvalue weighted by Crippen LogP contribution is 2.16. The maximum absolute atomic E-state index is 12.4. The number of carbonyl (C=O) groups excluding carboxylic acids is 1. The van der Waals surface area contributed by atoms with Gasteiger partial charge in [0, 0.05) is 22.2 Å². The van der Waals surface area contributed by atoms with Crippen LogP contribution in [0.3, 0.4) is 0 Å². The van der Waals surface area contributed by atoms with Crippen molar-refractivity contribution in [1.82, 2.24) is 0 Å². The van der Waals surface area contributed by atoms with Crippen molar-refractivity contribution in [3.63, 3.8) is 0 Å². The van der Waals surface area contributed by atoms with Crippen molar-refractivity contribution >= 4 is 22.4 Å². The van der Waals surface area contributed by atoms with Gasteiger partial charge in [-0.1, -0.05) is 56.3 Å². The molecule has 2 aromatic rings. The van der Waals surface area contributed by atoms with Gasteiger partial charge in [-0.25, -0.2) is 0 Å². The van der Waals surface area contributed by atoms with E-state index in [0.29, 0.717) is 11.7 Å². The summed E-state index contributed by atoms with van der Waals surface area (Å²) in [7, 11) is -1.25. The minimum Gasteiger partial charge on any atom is -0.325 e. The molecule has 0 fully saturated rings. The van der Waals surface area contributed by atoms with E-state index in [2.05, 4.69) is 31.3 Å². The van der Waals surface area contributed by atoms with Crippen molar-refractivity contribution in [2.75, 3.05) is 5.32 Å². The summed E-state index contributed by atoms with van der Waals surface area (Å²) >= 11 is 0. The van der Waals surface area contributed by atoms with E-state index in [9.17, 15) is 9.00 Å². The van der Waals surface area contributed by atoms with Gasteiger partial charge in [-0.05, 0) is 36.1 Å². The second-order valence-electron chi connectivity index (χ2n) is 5.92. The monoisotopic (exact) mass is 329 g/mol. The molecule has 122 valence electrons. The Morgan fingerprint density at radius 1 is 1.00 bits per heavy atom. The fourth-order valence-corrected chi connectivity index (χ4v) is 3.24. The fourth-order valence-electron chi connectivity index (χ4n) is 2.17. The predicted molar refractivity (Wildman–Crippen MR) is 96.9 cm³/mol. The summed E-state index contributed by atoms with van der Waals surface area (Å²) in [4.78, 5) is 12.2. The maximum Gasteiger partial charge on any atom is 0.239 e. The van der Waals surface area contributed by atoms with Gasteiger partial charge >= 0.3 is 0 Å². The third-order valence-corrected chi connectivity index (χ3v) is 5.38. The number of amides is 1. The zero-order valence-electron chi connectivity index (χ0n) is 13.8. The molecule has 0 aliphatic rings. The first kappa shape index (κ1) is 17.4. The molecule has 0 radical (unpaired) electrons. The highest BCUT2D eigenvalue weighted by Gasteiger charge is 2.20. The predicted octanol–water partition coefficient (Wildman–Crippen LogP) is 4.09. The van der Waals surface area contributed by atoms with Gasteiger partial charge in [0.05, 0.1) is 0 Å². The fraction of sp³-hybridized carbons (Fsp3) is 0.316. The Labute approximate surface area is 140 Å². The second kappa shape index (κ2) is 8.06. The summed E-state index contributed by atoms with van der Waals surface area (Å²) < 4.78 is 12.4. The van der Waals surface area contributed by atoms with Crippen LogP contribution < -0.4 is 5.32 Å². The summed E-state index contributed by atoms with van der Waals surface area (Å²) in [6.07, 6.45) is 0. The number of carbonyl (C=O) groups is 1. The second-order valence-corrected chi connectivity index (χ2v) is 7.68. The molecule has 1 N–H and O–H groups in total. The van der Waals surface area contributed by atoms with Crippen molar-refractivity contribution in [2.45, 2.75) is 37.7 Å². The minimum atomic E-state index is -1.25. The Balaban J connectivity index is 1.95. The van der Waals surface area contributed by atoms with E-state index in [1.165, 1.54) is 5.56 Å². The average Bonchev–Trinajstić information content (AvgIpc) is 2.55. The van der Waals surface area contributed by atoms with Crippen LogP contribution in [0.4, 0.5) is 5.69 Å². The third-order valence-electron chi connectivity index (χ3n) is 3.76. The number of hydrogen-bond acceptors (Lipinski definition) is 2. The van der Waals surface area contributed by atoms with Crippen molar-refractivity contribution in [1.29, 1.82) is 0 Å². The molecule has 0 saturated heterocycles. The van der Waals surface area contributed by atoms with Gasteiger partial charge in [-0.3, -0.25) is 9.00 Å². The molecule has 0 aliphatic heterocycles. The van der Waals surface area contributed by atoms with E-state index in [1.807, 2.05) is 42.5 Å². The van der Waals surface area contributed by atoms with Crippen LogP contribution >= 0.6 is 0 Å². The molecule has 0 saturated carbocycles. The average molecular weight is 329 g/mol. The van der Waals surface area contributed by atoms with Crippen LogP contribution in [-0.4, -0.2) is 15.4 Å². The first-order valence-corrected chi connectivity index (χ1v) is 9.17. The Morgan fingerprint density at radius 2 is 1.61 bits per heavy atom. The minimum absolute atomic E-state index is 0.215. The van der Waals surface area contributed by atoms with Crippen LogP contribution in [-0.2, 0) is 21.3 Å². The van der Waals surface area contributed by atoms with Gasteiger partial charge in [0.1, 0.15) is 5.25 Å². The van der Waals surface area contributed by atoms with Crippen molar-refractivity contribution in [3.8, 4) is 0 Å². The van der Waals surface area contributed by atoms with E-state index >= 15 is 0 Å². The Kier molecular flexibility index (Phi) is 6.11.